The Morgan fingerprint density at radius 1 is 0.365 bits per heavy atom. The summed E-state index contributed by atoms with van der Waals surface area (Å²) >= 11 is 0. The van der Waals surface area contributed by atoms with E-state index >= 15 is 0 Å². The molecular weight excluding hydrogens is 649 g/mol. The summed E-state index contributed by atoms with van der Waals surface area (Å²) in [4.78, 5) is 20.8. The number of fused-ring (bicyclic) bond motifs is 4. The van der Waals surface area contributed by atoms with Crippen LogP contribution in [0, 0.1) is 0 Å². The number of hydrogen-bond acceptors (Lipinski definition) is 8. The van der Waals surface area contributed by atoms with Gasteiger partial charge in [-0.05, 0) is 120 Å². The van der Waals surface area contributed by atoms with E-state index in [0.717, 1.165) is 56.0 Å². The van der Waals surface area contributed by atoms with E-state index in [1.165, 1.54) is 0 Å². The van der Waals surface area contributed by atoms with Gasteiger partial charge in [-0.15, -0.1) is 0 Å². The molecule has 0 spiro atoms. The smallest absolute Gasteiger partial charge is 0.116 e. The van der Waals surface area contributed by atoms with Crippen molar-refractivity contribution in [2.45, 2.75) is 12.8 Å². The highest BCUT2D eigenvalue weighted by Crippen LogP contribution is 2.41. The number of rotatable bonds is 4. The van der Waals surface area contributed by atoms with Crippen molar-refractivity contribution in [1.29, 1.82) is 0 Å². The topological polar surface area (TPSA) is 130 Å². The molecule has 0 amide bonds. The van der Waals surface area contributed by atoms with Crippen LogP contribution in [0.1, 0.15) is 35.1 Å². The first-order chi connectivity index (χ1) is 25.4. The van der Waals surface area contributed by atoms with Crippen molar-refractivity contribution in [3.05, 3.63) is 179 Å². The monoisotopic (exact) mass is 678 g/mol. The van der Waals surface area contributed by atoms with Gasteiger partial charge in [-0.1, -0.05) is 48.5 Å². The lowest BCUT2D eigenvalue weighted by Gasteiger charge is -2.13. The van der Waals surface area contributed by atoms with Crippen LogP contribution in [0.25, 0.3) is 22.3 Å². The molecule has 8 nitrogen and oxygen atoms in total. The third-order valence-electron chi connectivity index (χ3n) is 9.44. The van der Waals surface area contributed by atoms with Gasteiger partial charge in [-0.25, -0.2) is 15.0 Å². The lowest BCUT2D eigenvalue weighted by Crippen LogP contribution is -2.03. The summed E-state index contributed by atoms with van der Waals surface area (Å²) in [7, 11) is 0. The Morgan fingerprint density at radius 2 is 0.731 bits per heavy atom. The van der Waals surface area contributed by atoms with Crippen molar-refractivity contribution < 1.29 is 20.4 Å². The minimum Gasteiger partial charge on any atom is -0.508 e. The lowest BCUT2D eigenvalue weighted by atomic mass is 9.95. The van der Waals surface area contributed by atoms with Gasteiger partial charge in [-0.3, -0.25) is 4.99 Å². The molecule has 8 bridgehead atoms. The maximum Gasteiger partial charge on any atom is 0.116 e. The number of aliphatic imine (C=N–C) groups is 4. The van der Waals surface area contributed by atoms with E-state index in [4.69, 9.17) is 20.0 Å². The lowest BCUT2D eigenvalue weighted by molar-refractivity contribution is 0.474. The van der Waals surface area contributed by atoms with Crippen molar-refractivity contribution >= 4 is 45.1 Å². The van der Waals surface area contributed by atoms with E-state index < -0.39 is 0 Å². The van der Waals surface area contributed by atoms with E-state index in [1.807, 2.05) is 60.7 Å². The highest BCUT2D eigenvalue weighted by atomic mass is 16.3. The molecule has 52 heavy (non-hydrogen) atoms. The zero-order valence-corrected chi connectivity index (χ0v) is 27.7. The number of phenolic OH excluding ortho intramolecular Hbond substituents is 4. The van der Waals surface area contributed by atoms with Gasteiger partial charge in [0.2, 0.25) is 0 Å². The van der Waals surface area contributed by atoms with Crippen molar-refractivity contribution in [3.8, 4) is 23.0 Å². The van der Waals surface area contributed by atoms with Gasteiger partial charge in [0.1, 0.15) is 23.0 Å². The molecule has 0 saturated carbocycles. The molecule has 250 valence electrons. The molecular formula is C44H30N4O4. The predicted molar refractivity (Wildman–Crippen MR) is 207 cm³/mol. The number of nitrogens with zero attached hydrogens (tertiary/aromatic N) is 4. The zero-order valence-electron chi connectivity index (χ0n) is 27.7. The molecule has 0 aromatic heterocycles. The van der Waals surface area contributed by atoms with E-state index in [2.05, 4.69) is 0 Å². The van der Waals surface area contributed by atoms with E-state index in [9.17, 15) is 20.4 Å². The normalized spacial score (nSPS) is 17.7. The summed E-state index contributed by atoms with van der Waals surface area (Å²) in [6, 6.07) is 28.3. The molecule has 0 radical (unpaired) electrons. The largest absolute Gasteiger partial charge is 0.508 e. The first-order valence-electron chi connectivity index (χ1n) is 16.9. The highest BCUT2D eigenvalue weighted by Gasteiger charge is 2.29. The molecule has 0 unspecified atom stereocenters. The Kier molecular flexibility index (Phi) is 7.36. The van der Waals surface area contributed by atoms with Crippen LogP contribution in [-0.2, 0) is 0 Å². The summed E-state index contributed by atoms with van der Waals surface area (Å²) < 4.78 is 0. The van der Waals surface area contributed by atoms with Crippen molar-refractivity contribution in [3.63, 3.8) is 0 Å². The van der Waals surface area contributed by atoms with Crippen LogP contribution in [0.15, 0.2) is 176 Å². The number of allylic oxidation sites excluding steroid dienone is 11. The summed E-state index contributed by atoms with van der Waals surface area (Å²) in [5.74, 6) is 0.494. The van der Waals surface area contributed by atoms with Gasteiger partial charge >= 0.3 is 0 Å². The maximum atomic E-state index is 10.6. The van der Waals surface area contributed by atoms with Gasteiger partial charge in [0.05, 0.1) is 45.6 Å². The Balaban J connectivity index is 1.38. The van der Waals surface area contributed by atoms with Crippen LogP contribution >= 0.6 is 0 Å². The second-order valence-corrected chi connectivity index (χ2v) is 12.9. The van der Waals surface area contributed by atoms with Crippen molar-refractivity contribution in [1.82, 2.24) is 0 Å². The number of aromatic hydroxyl groups is 4. The van der Waals surface area contributed by atoms with Crippen LogP contribution in [0.3, 0.4) is 0 Å². The SMILES string of the molecule is Oc1cccc(C2=C3C=CC(=N3)C(c3cccc(O)c3)=C3C=CC(=N3)C(c3cccc(O)c3)=C3CCC(=N3)C(c3cccc(O)c3)=C3C=CC2=N3)c1. The molecule has 4 aromatic carbocycles. The van der Waals surface area contributed by atoms with Crippen molar-refractivity contribution in [2.24, 2.45) is 20.0 Å². The fourth-order valence-corrected chi connectivity index (χ4v) is 7.22. The van der Waals surface area contributed by atoms with Gasteiger partial charge in [0.15, 0.2) is 0 Å². The summed E-state index contributed by atoms with van der Waals surface area (Å²) in [5.41, 5.74) is 11.6. The average Bonchev–Trinajstić information content (AvgIpc) is 3.96. The van der Waals surface area contributed by atoms with Crippen LogP contribution in [0.4, 0.5) is 0 Å². The van der Waals surface area contributed by atoms with Crippen LogP contribution in [-0.4, -0.2) is 43.3 Å². The molecule has 5 aliphatic heterocycles. The molecule has 8 heteroatoms. The molecule has 4 N–H and O–H groups in total. The van der Waals surface area contributed by atoms with Crippen LogP contribution in [0.2, 0.25) is 0 Å². The van der Waals surface area contributed by atoms with E-state index in [1.54, 1.807) is 72.8 Å². The predicted octanol–water partition coefficient (Wildman–Crippen LogP) is 8.73. The maximum absolute atomic E-state index is 10.6. The van der Waals surface area contributed by atoms with Crippen molar-refractivity contribution in [2.75, 3.05) is 0 Å². The molecule has 0 fully saturated rings. The Bertz CT molecular complexity index is 2600. The van der Waals surface area contributed by atoms with Crippen LogP contribution < -0.4 is 0 Å². The second kappa shape index (κ2) is 12.4. The zero-order chi connectivity index (χ0) is 35.3. The van der Waals surface area contributed by atoms with Gasteiger partial charge < -0.3 is 20.4 Å². The van der Waals surface area contributed by atoms with E-state index in [-0.39, 0.29) is 23.0 Å². The third kappa shape index (κ3) is 5.52. The second-order valence-electron chi connectivity index (χ2n) is 12.9. The Hall–Kier alpha value is -7.06. The first-order valence-corrected chi connectivity index (χ1v) is 16.9. The Morgan fingerprint density at radius 3 is 1.15 bits per heavy atom. The average molecular weight is 679 g/mol. The third-order valence-corrected chi connectivity index (χ3v) is 9.44. The molecule has 0 saturated heterocycles. The quantitative estimate of drug-likeness (QED) is 0.172. The van der Waals surface area contributed by atoms with Gasteiger partial charge in [0.25, 0.3) is 0 Å². The highest BCUT2D eigenvalue weighted by molar-refractivity contribution is 6.38. The van der Waals surface area contributed by atoms with Gasteiger partial charge in [-0.2, -0.15) is 0 Å². The molecule has 0 aliphatic carbocycles. The fraction of sp³-hybridized carbons (Fsp3) is 0.0455. The molecule has 9 rings (SSSR count). The minimum atomic E-state index is 0.116. The standard InChI is InChI=1S/C44H30N4O4/c49-29-9-1-5-25(21-29)41-33-13-15-35(45-33)42(26-6-2-10-30(50)22-26)37-17-19-39(47-37)44(28-8-4-12-32(52)24-28)40-20-18-38(48-40)43(36-16-14-34(41)46-36)27-7-3-11-31(51)23-27/h1-17,19,21-24,49-52H,18,20H2. The minimum absolute atomic E-state index is 0.116. The molecule has 5 aliphatic rings. The summed E-state index contributed by atoms with van der Waals surface area (Å²) in [5, 5.41) is 42.3. The molecule has 5 heterocycles. The number of hydrogen-bond donors (Lipinski definition) is 4. The van der Waals surface area contributed by atoms with Gasteiger partial charge in [0, 0.05) is 22.3 Å². The summed E-state index contributed by atoms with van der Waals surface area (Å²) in [6.45, 7) is 0. The van der Waals surface area contributed by atoms with E-state index in [0.29, 0.717) is 47.1 Å². The Labute approximate surface area is 299 Å². The first kappa shape index (κ1) is 31.0. The number of phenols is 4. The summed E-state index contributed by atoms with van der Waals surface area (Å²) in [6.07, 6.45) is 12.9. The van der Waals surface area contributed by atoms with Crippen LogP contribution in [0.5, 0.6) is 23.0 Å². The molecule has 0 atom stereocenters. The molecule has 4 aromatic rings. The number of benzene rings is 4. The fourth-order valence-electron chi connectivity index (χ4n) is 7.22.